The van der Waals surface area contributed by atoms with Crippen LogP contribution in [0.1, 0.15) is 17.3 Å². The highest BCUT2D eigenvalue weighted by atomic mass is 32.2. The number of nitrogens with one attached hydrogen (secondary N) is 2. The monoisotopic (exact) mass is 350 g/mol. The van der Waals surface area contributed by atoms with Gasteiger partial charge in [0, 0.05) is 24.6 Å². The smallest absolute Gasteiger partial charge is 0.258 e. The molecule has 2 N–H and O–H groups in total. The minimum absolute atomic E-state index is 0.110. The first-order valence-corrected chi connectivity index (χ1v) is 8.74. The second-order valence-corrected chi connectivity index (χ2v) is 7.14. The molecule has 0 spiro atoms. The quantitative estimate of drug-likeness (QED) is 0.886. The van der Waals surface area contributed by atoms with Gasteiger partial charge in [-0.15, -0.1) is 0 Å². The molecule has 0 fully saturated rings. The highest BCUT2D eigenvalue weighted by Crippen LogP contribution is 2.18. The van der Waals surface area contributed by atoms with Crippen LogP contribution >= 0.6 is 0 Å². The van der Waals surface area contributed by atoms with Crippen molar-refractivity contribution in [2.45, 2.75) is 11.8 Å². The van der Waals surface area contributed by atoms with Crippen LogP contribution in [0.25, 0.3) is 0 Å². The Labute approximate surface area is 138 Å². The number of carbonyl (C=O) groups excluding carboxylic acids is 2. The topological polar surface area (TPSA) is 92.3 Å². The third-order valence-corrected chi connectivity index (χ3v) is 4.20. The predicted octanol–water partition coefficient (Wildman–Crippen LogP) is 2.44. The molecule has 2 amide bonds. The second-order valence-electron chi connectivity index (χ2n) is 5.13. The number of benzene rings is 2. The Morgan fingerprint density at radius 3 is 2.08 bits per heavy atom. The summed E-state index contributed by atoms with van der Waals surface area (Å²) in [5.41, 5.74) is 0.367. The van der Waals surface area contributed by atoms with Crippen LogP contribution in [0.15, 0.2) is 47.4 Å². The first-order chi connectivity index (χ1) is 11.2. The van der Waals surface area contributed by atoms with Crippen LogP contribution in [-0.2, 0) is 14.6 Å². The van der Waals surface area contributed by atoms with Crippen molar-refractivity contribution in [3.05, 3.63) is 53.8 Å². The van der Waals surface area contributed by atoms with E-state index >= 15 is 0 Å². The Morgan fingerprint density at radius 2 is 1.54 bits per heavy atom. The van der Waals surface area contributed by atoms with Gasteiger partial charge < -0.3 is 10.6 Å². The van der Waals surface area contributed by atoms with Gasteiger partial charge in [-0.3, -0.25) is 9.59 Å². The van der Waals surface area contributed by atoms with Gasteiger partial charge in [-0.05, 0) is 42.5 Å². The Morgan fingerprint density at radius 1 is 0.958 bits per heavy atom. The van der Waals surface area contributed by atoms with Crippen LogP contribution in [-0.4, -0.2) is 26.5 Å². The maximum Gasteiger partial charge on any atom is 0.258 e. The van der Waals surface area contributed by atoms with E-state index in [1.165, 1.54) is 43.3 Å². The lowest BCUT2D eigenvalue weighted by atomic mass is 10.1. The van der Waals surface area contributed by atoms with Crippen LogP contribution in [0.4, 0.5) is 15.8 Å². The molecule has 6 nitrogen and oxygen atoms in total. The van der Waals surface area contributed by atoms with Crippen molar-refractivity contribution in [3.8, 4) is 0 Å². The largest absolute Gasteiger partial charge is 0.326 e. The fourth-order valence-corrected chi connectivity index (χ4v) is 2.59. The van der Waals surface area contributed by atoms with E-state index in [4.69, 9.17) is 0 Å². The van der Waals surface area contributed by atoms with E-state index in [2.05, 4.69) is 10.6 Å². The highest BCUT2D eigenvalue weighted by Gasteiger charge is 2.14. The zero-order valence-electron chi connectivity index (χ0n) is 13.0. The number of carbonyl (C=O) groups is 2. The predicted molar refractivity (Wildman–Crippen MR) is 88.2 cm³/mol. The molecule has 8 heteroatoms. The number of hydrogen-bond acceptors (Lipinski definition) is 4. The molecule has 0 bridgehead atoms. The molecule has 0 aliphatic heterocycles. The van der Waals surface area contributed by atoms with Gasteiger partial charge in [0.05, 0.1) is 10.5 Å². The first kappa shape index (κ1) is 17.6. The van der Waals surface area contributed by atoms with Gasteiger partial charge in [-0.1, -0.05) is 0 Å². The number of sulfone groups is 1. The maximum atomic E-state index is 13.8. The number of rotatable bonds is 4. The van der Waals surface area contributed by atoms with Crippen molar-refractivity contribution < 1.29 is 22.4 Å². The van der Waals surface area contributed by atoms with E-state index in [1.807, 2.05) is 0 Å². The van der Waals surface area contributed by atoms with Crippen LogP contribution in [0.5, 0.6) is 0 Å². The summed E-state index contributed by atoms with van der Waals surface area (Å²) in [5.74, 6) is -1.80. The summed E-state index contributed by atoms with van der Waals surface area (Å²) in [7, 11) is -3.34. The molecule has 0 unspecified atom stereocenters. The minimum Gasteiger partial charge on any atom is -0.326 e. The van der Waals surface area contributed by atoms with Crippen LogP contribution in [0, 0.1) is 5.82 Å². The van der Waals surface area contributed by atoms with E-state index in [-0.39, 0.29) is 16.4 Å². The van der Waals surface area contributed by atoms with Gasteiger partial charge in [0.2, 0.25) is 5.91 Å². The van der Waals surface area contributed by atoms with Crippen molar-refractivity contribution >= 4 is 33.0 Å². The summed E-state index contributed by atoms with van der Waals surface area (Å²) in [6.07, 6.45) is 1.07. The maximum absolute atomic E-state index is 13.8. The van der Waals surface area contributed by atoms with Gasteiger partial charge in [0.15, 0.2) is 9.84 Å². The molecule has 2 aromatic carbocycles. The molecule has 0 aliphatic carbocycles. The fraction of sp³-hybridized carbons (Fsp3) is 0.125. The van der Waals surface area contributed by atoms with Gasteiger partial charge in [0.1, 0.15) is 5.82 Å². The van der Waals surface area contributed by atoms with E-state index in [9.17, 15) is 22.4 Å². The summed E-state index contributed by atoms with van der Waals surface area (Å²) in [5, 5.41) is 4.93. The number of amides is 2. The lowest BCUT2D eigenvalue weighted by Crippen LogP contribution is -2.15. The summed E-state index contributed by atoms with van der Waals surface area (Å²) in [6.45, 7) is 1.30. The normalized spacial score (nSPS) is 11.0. The second kappa shape index (κ2) is 6.79. The SMILES string of the molecule is CC(=O)Nc1ccc(F)c(C(=O)Nc2ccc(S(C)(=O)=O)cc2)c1. The lowest BCUT2D eigenvalue weighted by Gasteiger charge is -2.09. The summed E-state index contributed by atoms with van der Waals surface area (Å²) >= 11 is 0. The molecule has 2 rings (SSSR count). The zero-order chi connectivity index (χ0) is 17.9. The molecular weight excluding hydrogens is 335 g/mol. The standard InChI is InChI=1S/C16H15FN2O4S/c1-10(20)18-12-5-8-15(17)14(9-12)16(21)19-11-3-6-13(7-4-11)24(2,22)23/h3-9H,1-2H3,(H,18,20)(H,19,21). The molecule has 0 atom stereocenters. The Kier molecular flexibility index (Phi) is 4.99. The molecule has 24 heavy (non-hydrogen) atoms. The van der Waals surface area contributed by atoms with E-state index in [0.29, 0.717) is 11.4 Å². The molecule has 2 aromatic rings. The fourth-order valence-electron chi connectivity index (χ4n) is 1.96. The summed E-state index contributed by atoms with van der Waals surface area (Å²) in [4.78, 5) is 23.3. The molecule has 0 aromatic heterocycles. The molecule has 126 valence electrons. The number of halogens is 1. The first-order valence-electron chi connectivity index (χ1n) is 6.85. The van der Waals surface area contributed by atoms with E-state index in [0.717, 1.165) is 12.3 Å². The van der Waals surface area contributed by atoms with Gasteiger partial charge in [0.25, 0.3) is 5.91 Å². The Bertz CT molecular complexity index is 893. The lowest BCUT2D eigenvalue weighted by molar-refractivity contribution is -0.114. The average molecular weight is 350 g/mol. The van der Waals surface area contributed by atoms with Crippen molar-refractivity contribution in [2.75, 3.05) is 16.9 Å². The highest BCUT2D eigenvalue weighted by molar-refractivity contribution is 7.90. The van der Waals surface area contributed by atoms with Crippen LogP contribution in [0.2, 0.25) is 0 Å². The molecular formula is C16H15FN2O4S. The summed E-state index contributed by atoms with van der Waals surface area (Å²) in [6, 6.07) is 9.13. The Hall–Kier alpha value is -2.74. The van der Waals surface area contributed by atoms with Crippen molar-refractivity contribution in [2.24, 2.45) is 0 Å². The zero-order valence-corrected chi connectivity index (χ0v) is 13.8. The molecule has 0 heterocycles. The molecule has 0 radical (unpaired) electrons. The van der Waals surface area contributed by atoms with Crippen LogP contribution < -0.4 is 10.6 Å². The van der Waals surface area contributed by atoms with Gasteiger partial charge >= 0.3 is 0 Å². The van der Waals surface area contributed by atoms with Gasteiger partial charge in [-0.2, -0.15) is 0 Å². The van der Waals surface area contributed by atoms with Crippen molar-refractivity contribution in [3.63, 3.8) is 0 Å². The molecule has 0 saturated heterocycles. The Balaban J connectivity index is 2.22. The third kappa shape index (κ3) is 4.39. The van der Waals surface area contributed by atoms with E-state index < -0.39 is 21.6 Å². The molecule has 0 saturated carbocycles. The molecule has 0 aliphatic rings. The van der Waals surface area contributed by atoms with Crippen molar-refractivity contribution in [1.82, 2.24) is 0 Å². The summed E-state index contributed by atoms with van der Waals surface area (Å²) < 4.78 is 36.6. The number of anilines is 2. The van der Waals surface area contributed by atoms with Crippen LogP contribution in [0.3, 0.4) is 0 Å². The average Bonchev–Trinajstić information content (AvgIpc) is 2.48. The minimum atomic E-state index is -3.34. The third-order valence-electron chi connectivity index (χ3n) is 3.07. The van der Waals surface area contributed by atoms with Gasteiger partial charge in [-0.25, -0.2) is 12.8 Å². The van der Waals surface area contributed by atoms with E-state index in [1.54, 1.807) is 0 Å². The van der Waals surface area contributed by atoms with Crippen molar-refractivity contribution in [1.29, 1.82) is 0 Å². The number of hydrogen-bond donors (Lipinski definition) is 2.